The molecule has 2 saturated heterocycles. The number of fused-ring (bicyclic) bond motifs is 1. The van der Waals surface area contributed by atoms with E-state index in [2.05, 4.69) is 27.5 Å². The molecule has 4 heterocycles. The molecule has 10 heteroatoms. The first-order chi connectivity index (χ1) is 17.3. The number of amides is 4. The second-order valence-corrected chi connectivity index (χ2v) is 9.74. The summed E-state index contributed by atoms with van der Waals surface area (Å²) in [5.41, 5.74) is 2.51. The van der Waals surface area contributed by atoms with Crippen LogP contribution in [0.5, 0.6) is 0 Å². The first kappa shape index (κ1) is 23.7. The maximum absolute atomic E-state index is 13.0. The molecule has 1 N–H and O–H groups in total. The smallest absolute Gasteiger partial charge is 0.276 e. The molecule has 5 rings (SSSR count). The van der Waals surface area contributed by atoms with Gasteiger partial charge in [-0.1, -0.05) is 23.1 Å². The van der Waals surface area contributed by atoms with Crippen molar-refractivity contribution < 1.29 is 19.2 Å². The highest BCUT2D eigenvalue weighted by atomic mass is 16.2. The predicted molar refractivity (Wildman–Crippen MR) is 128 cm³/mol. The molecule has 0 spiro atoms. The number of hydrogen-bond acceptors (Lipinski definition) is 6. The van der Waals surface area contributed by atoms with Gasteiger partial charge < -0.3 is 9.80 Å². The third kappa shape index (κ3) is 4.49. The number of aromatic nitrogens is 3. The van der Waals surface area contributed by atoms with Crippen LogP contribution in [0.3, 0.4) is 0 Å². The van der Waals surface area contributed by atoms with Gasteiger partial charge in [-0.05, 0) is 50.8 Å². The van der Waals surface area contributed by atoms with E-state index in [0.717, 1.165) is 24.0 Å². The van der Waals surface area contributed by atoms with E-state index in [9.17, 15) is 19.2 Å². The van der Waals surface area contributed by atoms with E-state index >= 15 is 0 Å². The monoisotopic (exact) mass is 488 g/mol. The molecule has 3 aliphatic heterocycles. The Morgan fingerprint density at radius 3 is 2.61 bits per heavy atom. The number of rotatable bonds is 3. The zero-order chi connectivity index (χ0) is 25.4. The molecule has 1 atom stereocenters. The lowest BCUT2D eigenvalue weighted by Gasteiger charge is -2.29. The van der Waals surface area contributed by atoms with Gasteiger partial charge in [-0.3, -0.25) is 24.5 Å². The molecular weight excluding hydrogens is 460 g/mol. The van der Waals surface area contributed by atoms with Crippen LogP contribution in [-0.4, -0.2) is 67.6 Å². The fourth-order valence-corrected chi connectivity index (χ4v) is 4.90. The van der Waals surface area contributed by atoms with Gasteiger partial charge >= 0.3 is 0 Å². The van der Waals surface area contributed by atoms with Crippen molar-refractivity contribution in [2.75, 3.05) is 13.1 Å². The normalized spacial score (nSPS) is 20.3. The largest absolute Gasteiger partial charge is 0.337 e. The van der Waals surface area contributed by atoms with Crippen LogP contribution in [0.2, 0.25) is 0 Å². The Morgan fingerprint density at radius 1 is 1.14 bits per heavy atom. The average molecular weight is 489 g/mol. The Kier molecular flexibility index (Phi) is 6.31. The quantitative estimate of drug-likeness (QED) is 0.517. The molecule has 1 aromatic carbocycles. The summed E-state index contributed by atoms with van der Waals surface area (Å²) < 4.78 is 1.68. The van der Waals surface area contributed by atoms with Crippen LogP contribution in [0, 0.1) is 17.8 Å². The Hall–Kier alpha value is -4.00. The third-order valence-corrected chi connectivity index (χ3v) is 7.03. The van der Waals surface area contributed by atoms with Gasteiger partial charge in [-0.15, -0.1) is 5.10 Å². The minimum absolute atomic E-state index is 0.110. The molecule has 2 fully saturated rings. The highest BCUT2D eigenvalue weighted by Gasteiger charge is 2.39. The van der Waals surface area contributed by atoms with Crippen molar-refractivity contribution in [1.82, 2.24) is 30.1 Å². The Balaban J connectivity index is 1.23. The minimum Gasteiger partial charge on any atom is -0.337 e. The van der Waals surface area contributed by atoms with E-state index in [1.807, 2.05) is 19.9 Å². The summed E-state index contributed by atoms with van der Waals surface area (Å²) in [6.07, 6.45) is 3.76. The van der Waals surface area contributed by atoms with Crippen LogP contribution in [0.1, 0.15) is 77.5 Å². The van der Waals surface area contributed by atoms with Crippen molar-refractivity contribution in [3.05, 3.63) is 46.8 Å². The molecule has 3 aliphatic rings. The SMILES string of the molecule is CC(C)n1cc(C(=O)N2CCC(C#Cc3cccc4c3CN(C3CCC(=O)NC3=O)C4=O)CC2)nn1. The van der Waals surface area contributed by atoms with E-state index in [1.54, 1.807) is 27.9 Å². The molecule has 1 unspecified atom stereocenters. The highest BCUT2D eigenvalue weighted by molar-refractivity contribution is 6.05. The number of hydrogen-bond donors (Lipinski definition) is 1. The van der Waals surface area contributed by atoms with Gasteiger partial charge in [0.15, 0.2) is 5.69 Å². The predicted octanol–water partition coefficient (Wildman–Crippen LogP) is 1.52. The first-order valence-corrected chi connectivity index (χ1v) is 12.3. The van der Waals surface area contributed by atoms with Crippen molar-refractivity contribution >= 4 is 23.6 Å². The van der Waals surface area contributed by atoms with Gasteiger partial charge in [-0.25, -0.2) is 4.68 Å². The van der Waals surface area contributed by atoms with Gasteiger partial charge in [-0.2, -0.15) is 0 Å². The second kappa shape index (κ2) is 9.57. The van der Waals surface area contributed by atoms with E-state index in [4.69, 9.17) is 0 Å². The molecule has 0 saturated carbocycles. The first-order valence-electron chi connectivity index (χ1n) is 12.3. The van der Waals surface area contributed by atoms with Crippen molar-refractivity contribution in [1.29, 1.82) is 0 Å². The number of nitrogens with zero attached hydrogens (tertiary/aromatic N) is 5. The lowest BCUT2D eigenvalue weighted by Crippen LogP contribution is -2.52. The van der Waals surface area contributed by atoms with Crippen LogP contribution >= 0.6 is 0 Å². The van der Waals surface area contributed by atoms with Gasteiger partial charge in [0.25, 0.3) is 11.8 Å². The summed E-state index contributed by atoms with van der Waals surface area (Å²) >= 11 is 0. The maximum Gasteiger partial charge on any atom is 0.276 e. The lowest BCUT2D eigenvalue weighted by atomic mass is 9.96. The number of imide groups is 1. The summed E-state index contributed by atoms with van der Waals surface area (Å²) in [6.45, 7) is 5.47. The molecule has 4 amide bonds. The van der Waals surface area contributed by atoms with Crippen LogP contribution in [0.15, 0.2) is 24.4 Å². The molecule has 186 valence electrons. The zero-order valence-electron chi connectivity index (χ0n) is 20.4. The summed E-state index contributed by atoms with van der Waals surface area (Å²) in [4.78, 5) is 52.9. The molecular formula is C26H28N6O4. The molecule has 0 aliphatic carbocycles. The standard InChI is InChI=1S/C26H28N6O4/c1-16(2)32-15-21(28-29-32)26(36)30-12-10-17(11-13-30)6-7-18-4-3-5-19-20(18)14-31(25(19)35)22-8-9-23(33)27-24(22)34/h3-5,15-17,22H,8-14H2,1-2H3,(H,27,33,34). The Bertz CT molecular complexity index is 1290. The fraction of sp³-hybridized carbons (Fsp3) is 0.462. The second-order valence-electron chi connectivity index (χ2n) is 9.74. The van der Waals surface area contributed by atoms with E-state index in [1.165, 1.54) is 4.90 Å². The van der Waals surface area contributed by atoms with E-state index in [-0.39, 0.29) is 36.1 Å². The number of likely N-dealkylation sites (tertiary alicyclic amines) is 1. The van der Waals surface area contributed by atoms with Crippen LogP contribution in [0.25, 0.3) is 0 Å². The molecule has 1 aromatic heterocycles. The topological polar surface area (TPSA) is 118 Å². The van der Waals surface area contributed by atoms with E-state index in [0.29, 0.717) is 37.3 Å². The molecule has 0 radical (unpaired) electrons. The Labute approximate surface area is 209 Å². The molecule has 10 nitrogen and oxygen atoms in total. The van der Waals surface area contributed by atoms with Crippen LogP contribution in [-0.2, 0) is 16.1 Å². The summed E-state index contributed by atoms with van der Waals surface area (Å²) in [7, 11) is 0. The van der Waals surface area contributed by atoms with Crippen molar-refractivity contribution in [3.63, 3.8) is 0 Å². The number of benzene rings is 1. The van der Waals surface area contributed by atoms with Crippen molar-refractivity contribution in [2.45, 2.75) is 58.2 Å². The number of nitrogens with one attached hydrogen (secondary N) is 1. The molecule has 2 aromatic rings. The Morgan fingerprint density at radius 2 is 1.92 bits per heavy atom. The summed E-state index contributed by atoms with van der Waals surface area (Å²) in [5.74, 6) is 5.69. The van der Waals surface area contributed by atoms with Crippen molar-refractivity contribution in [3.8, 4) is 11.8 Å². The minimum atomic E-state index is -0.646. The van der Waals surface area contributed by atoms with E-state index < -0.39 is 11.9 Å². The molecule has 36 heavy (non-hydrogen) atoms. The fourth-order valence-electron chi connectivity index (χ4n) is 4.90. The highest BCUT2D eigenvalue weighted by Crippen LogP contribution is 2.29. The van der Waals surface area contributed by atoms with Gasteiger partial charge in [0.05, 0.1) is 6.20 Å². The third-order valence-electron chi connectivity index (χ3n) is 7.03. The summed E-state index contributed by atoms with van der Waals surface area (Å²) in [6, 6.07) is 4.96. The molecule has 0 bridgehead atoms. The van der Waals surface area contributed by atoms with Gasteiger partial charge in [0, 0.05) is 49.1 Å². The van der Waals surface area contributed by atoms with Crippen molar-refractivity contribution in [2.24, 2.45) is 5.92 Å². The maximum atomic E-state index is 13.0. The number of piperidine rings is 2. The zero-order valence-corrected chi connectivity index (χ0v) is 20.4. The average Bonchev–Trinajstić information content (AvgIpc) is 3.49. The van der Waals surface area contributed by atoms with Gasteiger partial charge in [0.2, 0.25) is 11.8 Å². The van der Waals surface area contributed by atoms with Crippen LogP contribution in [0.4, 0.5) is 0 Å². The lowest BCUT2D eigenvalue weighted by molar-refractivity contribution is -0.136. The van der Waals surface area contributed by atoms with Crippen LogP contribution < -0.4 is 5.32 Å². The van der Waals surface area contributed by atoms with Gasteiger partial charge in [0.1, 0.15) is 6.04 Å². The summed E-state index contributed by atoms with van der Waals surface area (Å²) in [5, 5.41) is 10.4. The number of carbonyl (C=O) groups excluding carboxylic acids is 4. The number of carbonyl (C=O) groups is 4.